The Labute approximate surface area is 188 Å². The molecule has 2 aromatic carbocycles. The van der Waals surface area contributed by atoms with E-state index < -0.39 is 6.10 Å². The van der Waals surface area contributed by atoms with Crippen molar-refractivity contribution < 1.29 is 14.3 Å². The number of anilines is 2. The first kappa shape index (κ1) is 21.6. The normalized spacial score (nSPS) is 15.2. The van der Waals surface area contributed by atoms with Gasteiger partial charge in [0.2, 0.25) is 12.0 Å². The quantitative estimate of drug-likeness (QED) is 0.605. The van der Waals surface area contributed by atoms with Crippen molar-refractivity contribution in [3.05, 3.63) is 83.0 Å². The average molecular weight is 430 g/mol. The van der Waals surface area contributed by atoms with Crippen LogP contribution in [0.4, 0.5) is 11.5 Å². The zero-order valence-corrected chi connectivity index (χ0v) is 18.6. The van der Waals surface area contributed by atoms with Crippen LogP contribution >= 0.6 is 0 Å². The number of aromatic nitrogens is 1. The largest absolute Gasteiger partial charge is 0.472 e. The molecule has 0 radical (unpaired) electrons. The van der Waals surface area contributed by atoms with Crippen molar-refractivity contribution >= 4 is 23.3 Å². The molecule has 4 rings (SSSR count). The summed E-state index contributed by atoms with van der Waals surface area (Å²) in [5.74, 6) is 0.821. The van der Waals surface area contributed by atoms with E-state index in [1.807, 2.05) is 57.2 Å². The van der Waals surface area contributed by atoms with Gasteiger partial charge in [-0.05, 0) is 50.5 Å². The lowest BCUT2D eigenvalue weighted by molar-refractivity contribution is -0.127. The van der Waals surface area contributed by atoms with Crippen LogP contribution < -0.4 is 15.0 Å². The van der Waals surface area contributed by atoms with Gasteiger partial charge in [-0.15, -0.1) is 0 Å². The molecule has 0 saturated carbocycles. The molecule has 1 N–H and O–H groups in total. The van der Waals surface area contributed by atoms with Gasteiger partial charge in [0.05, 0.1) is 0 Å². The molecule has 0 unspecified atom stereocenters. The summed E-state index contributed by atoms with van der Waals surface area (Å²) in [4.78, 5) is 31.8. The molecule has 2 amide bonds. The average Bonchev–Trinajstić information content (AvgIpc) is 2.78. The number of hydrogen-bond acceptors (Lipinski definition) is 4. The number of nitrogens with zero attached hydrogens (tertiary/aromatic N) is 2. The van der Waals surface area contributed by atoms with E-state index in [9.17, 15) is 9.59 Å². The molecule has 0 fully saturated rings. The van der Waals surface area contributed by atoms with E-state index in [1.165, 1.54) is 5.56 Å². The third-order valence-corrected chi connectivity index (χ3v) is 5.57. The van der Waals surface area contributed by atoms with Crippen LogP contribution in [0.3, 0.4) is 0 Å². The molecule has 6 heteroatoms. The van der Waals surface area contributed by atoms with E-state index in [2.05, 4.69) is 22.4 Å². The van der Waals surface area contributed by atoms with Crippen LogP contribution in [-0.2, 0) is 9.59 Å². The van der Waals surface area contributed by atoms with Gasteiger partial charge in [0.1, 0.15) is 0 Å². The lowest BCUT2D eigenvalue weighted by Gasteiger charge is -2.33. The Kier molecular flexibility index (Phi) is 6.21. The molecule has 1 aromatic heterocycles. The molecule has 0 aliphatic carbocycles. The molecule has 1 atom stereocenters. The smallest absolute Gasteiger partial charge is 0.274 e. The molecular weight excluding hydrogens is 402 g/mol. The number of nitrogens with one attached hydrogen (secondary N) is 1. The zero-order valence-electron chi connectivity index (χ0n) is 18.6. The number of benzene rings is 2. The molecule has 0 spiro atoms. The minimum Gasteiger partial charge on any atom is -0.472 e. The summed E-state index contributed by atoms with van der Waals surface area (Å²) in [6.45, 7) is 6.41. The van der Waals surface area contributed by atoms with E-state index >= 15 is 0 Å². The molecule has 0 saturated heterocycles. The van der Waals surface area contributed by atoms with Crippen LogP contribution in [0.5, 0.6) is 5.75 Å². The van der Waals surface area contributed by atoms with E-state index in [1.54, 1.807) is 17.2 Å². The van der Waals surface area contributed by atoms with Crippen molar-refractivity contribution in [2.75, 3.05) is 16.8 Å². The topological polar surface area (TPSA) is 71.5 Å². The molecule has 2 heterocycles. The zero-order chi connectivity index (χ0) is 22.7. The monoisotopic (exact) mass is 429 g/mol. The van der Waals surface area contributed by atoms with Gasteiger partial charge in [0.15, 0.2) is 11.6 Å². The number of fused-ring (bicyclic) bond motifs is 1. The first-order chi connectivity index (χ1) is 15.4. The summed E-state index contributed by atoms with van der Waals surface area (Å²) in [5, 5.41) is 3.03. The van der Waals surface area contributed by atoms with Gasteiger partial charge in [0, 0.05) is 30.4 Å². The van der Waals surface area contributed by atoms with Gasteiger partial charge < -0.3 is 10.1 Å². The number of pyridine rings is 1. The predicted molar refractivity (Wildman–Crippen MR) is 125 cm³/mol. The van der Waals surface area contributed by atoms with E-state index in [0.717, 1.165) is 22.4 Å². The summed E-state index contributed by atoms with van der Waals surface area (Å²) in [6.07, 6.45) is 1.73. The summed E-state index contributed by atoms with van der Waals surface area (Å²) < 4.78 is 5.97. The Hall–Kier alpha value is -3.67. The second-order valence-corrected chi connectivity index (χ2v) is 8.15. The number of ether oxygens (including phenoxy) is 1. The molecule has 0 bridgehead atoms. The molecule has 32 heavy (non-hydrogen) atoms. The second kappa shape index (κ2) is 9.22. The van der Waals surface area contributed by atoms with Crippen molar-refractivity contribution in [3.63, 3.8) is 0 Å². The number of carbonyl (C=O) groups is 2. The summed E-state index contributed by atoms with van der Waals surface area (Å²) in [5.41, 5.74) is 4.91. The molecule has 6 nitrogen and oxygen atoms in total. The first-order valence-electron chi connectivity index (χ1n) is 10.8. The van der Waals surface area contributed by atoms with Crippen molar-refractivity contribution in [2.24, 2.45) is 0 Å². The molecule has 1 aliphatic heterocycles. The predicted octanol–water partition coefficient (Wildman–Crippen LogP) is 4.89. The number of amides is 2. The van der Waals surface area contributed by atoms with Gasteiger partial charge in [0.25, 0.3) is 5.91 Å². The van der Waals surface area contributed by atoms with Crippen LogP contribution in [0, 0.1) is 20.8 Å². The van der Waals surface area contributed by atoms with Crippen molar-refractivity contribution in [3.8, 4) is 5.75 Å². The summed E-state index contributed by atoms with van der Waals surface area (Å²) in [6, 6.07) is 17.1. The molecule has 164 valence electrons. The lowest BCUT2D eigenvalue weighted by Crippen LogP contribution is -2.42. The first-order valence-corrected chi connectivity index (χ1v) is 10.8. The summed E-state index contributed by atoms with van der Waals surface area (Å²) >= 11 is 0. The number of aryl methyl sites for hydroxylation is 3. The Morgan fingerprint density at radius 3 is 2.50 bits per heavy atom. The maximum absolute atomic E-state index is 13.2. The highest BCUT2D eigenvalue weighted by atomic mass is 16.5. The Morgan fingerprint density at radius 1 is 1.06 bits per heavy atom. The van der Waals surface area contributed by atoms with E-state index in [-0.39, 0.29) is 11.8 Å². The van der Waals surface area contributed by atoms with E-state index in [0.29, 0.717) is 31.0 Å². The van der Waals surface area contributed by atoms with Gasteiger partial charge >= 0.3 is 0 Å². The third kappa shape index (κ3) is 4.49. The maximum Gasteiger partial charge on any atom is 0.274 e. The van der Waals surface area contributed by atoms with Crippen LogP contribution in [0.15, 0.2) is 60.8 Å². The highest BCUT2D eigenvalue weighted by Crippen LogP contribution is 2.37. The number of rotatable bonds is 6. The van der Waals surface area contributed by atoms with Gasteiger partial charge in [-0.1, -0.05) is 48.0 Å². The SMILES string of the molecule is Cc1cc(C)c(NC(=O)CCCN2C(=O)[C@H](c3ccccc3)Oc3cccnc32)c(C)c1. The highest BCUT2D eigenvalue weighted by Gasteiger charge is 2.36. The fourth-order valence-corrected chi connectivity index (χ4v) is 4.13. The number of carbonyl (C=O) groups excluding carboxylic acids is 2. The summed E-state index contributed by atoms with van der Waals surface area (Å²) in [7, 11) is 0. The molecular formula is C26H27N3O3. The van der Waals surface area contributed by atoms with E-state index in [4.69, 9.17) is 4.74 Å². The van der Waals surface area contributed by atoms with Crippen molar-refractivity contribution in [1.82, 2.24) is 4.98 Å². The van der Waals surface area contributed by atoms with Crippen molar-refractivity contribution in [2.45, 2.75) is 39.7 Å². The minimum absolute atomic E-state index is 0.0679. The van der Waals surface area contributed by atoms with Gasteiger partial charge in [-0.3, -0.25) is 14.5 Å². The molecule has 3 aromatic rings. The van der Waals surface area contributed by atoms with Gasteiger partial charge in [-0.25, -0.2) is 4.98 Å². The van der Waals surface area contributed by atoms with Crippen molar-refractivity contribution in [1.29, 1.82) is 0 Å². The highest BCUT2D eigenvalue weighted by molar-refractivity contribution is 5.99. The second-order valence-electron chi connectivity index (χ2n) is 8.15. The Morgan fingerprint density at radius 2 is 1.78 bits per heavy atom. The van der Waals surface area contributed by atoms with Crippen LogP contribution in [0.2, 0.25) is 0 Å². The van der Waals surface area contributed by atoms with Gasteiger partial charge in [-0.2, -0.15) is 0 Å². The fraction of sp³-hybridized carbons (Fsp3) is 0.269. The number of hydrogen-bond donors (Lipinski definition) is 1. The Bertz CT molecular complexity index is 1120. The lowest BCUT2D eigenvalue weighted by atomic mass is 10.0. The van der Waals surface area contributed by atoms with Crippen LogP contribution in [0.1, 0.15) is 41.2 Å². The maximum atomic E-state index is 13.2. The Balaban J connectivity index is 1.45. The van der Waals surface area contributed by atoms with Crippen LogP contribution in [0.25, 0.3) is 0 Å². The molecule has 1 aliphatic rings. The fourth-order valence-electron chi connectivity index (χ4n) is 4.13. The minimum atomic E-state index is -0.723. The third-order valence-electron chi connectivity index (χ3n) is 5.57. The standard InChI is InChI=1S/C26H27N3O3/c1-17-15-18(2)23(19(3)16-17)28-22(30)12-8-14-29-25-21(11-7-13-27-25)32-24(26(29)31)20-9-5-4-6-10-20/h4-7,9-11,13,15-16,24H,8,12,14H2,1-3H3,(H,28,30)/t24-/m0/s1. The van der Waals surface area contributed by atoms with Crippen LogP contribution in [-0.4, -0.2) is 23.3 Å².